The van der Waals surface area contributed by atoms with Crippen LogP contribution in [-0.2, 0) is 5.75 Å². The van der Waals surface area contributed by atoms with Gasteiger partial charge in [-0.2, -0.15) is 4.98 Å². The van der Waals surface area contributed by atoms with E-state index in [1.54, 1.807) is 49.1 Å². The summed E-state index contributed by atoms with van der Waals surface area (Å²) >= 11 is 7.45. The molecule has 2 aromatic carbocycles. The Morgan fingerprint density at radius 1 is 1.09 bits per heavy atom. The quantitative estimate of drug-likeness (QED) is 0.274. The number of hydrogen-bond acceptors (Lipinski definition) is 8. The smallest absolute Gasteiger partial charge is 0.262 e. The maximum Gasteiger partial charge on any atom is 0.262 e. The lowest BCUT2D eigenvalue weighted by atomic mass is 10.2. The van der Waals surface area contributed by atoms with E-state index in [-0.39, 0.29) is 11.6 Å². The van der Waals surface area contributed by atoms with E-state index in [9.17, 15) is 4.79 Å². The molecular weight excluding hydrogens is 452 g/mol. The van der Waals surface area contributed by atoms with E-state index in [1.807, 2.05) is 19.9 Å². The van der Waals surface area contributed by atoms with Crippen LogP contribution in [0.5, 0.6) is 11.5 Å². The minimum atomic E-state index is -0.110. The van der Waals surface area contributed by atoms with Crippen molar-refractivity contribution in [3.8, 4) is 22.9 Å². The highest BCUT2D eigenvalue weighted by Crippen LogP contribution is 2.32. The summed E-state index contributed by atoms with van der Waals surface area (Å²) in [6, 6.07) is 10.4. The van der Waals surface area contributed by atoms with E-state index in [2.05, 4.69) is 15.1 Å². The highest BCUT2D eigenvalue weighted by atomic mass is 35.5. The van der Waals surface area contributed by atoms with Crippen LogP contribution >= 0.6 is 23.4 Å². The number of thioether (sulfide) groups is 1. The molecule has 0 unspecified atom stereocenters. The van der Waals surface area contributed by atoms with Crippen LogP contribution in [0, 0.1) is 0 Å². The molecule has 0 radical (unpaired) electrons. The molecule has 0 bridgehead atoms. The average molecular weight is 473 g/mol. The lowest BCUT2D eigenvalue weighted by Gasteiger charge is -2.15. The van der Waals surface area contributed by atoms with Crippen LogP contribution < -0.4 is 15.0 Å². The Bertz CT molecular complexity index is 1340. The number of methoxy groups -OCH3 is 2. The molecule has 0 aliphatic rings. The third kappa shape index (κ3) is 4.31. The summed E-state index contributed by atoms with van der Waals surface area (Å²) in [7, 11) is 3.14. The Balaban J connectivity index is 1.62. The summed E-state index contributed by atoms with van der Waals surface area (Å²) in [5.41, 5.74) is 1.18. The number of halogens is 1. The second kappa shape index (κ2) is 9.22. The molecule has 0 saturated heterocycles. The van der Waals surface area contributed by atoms with Crippen LogP contribution in [0.2, 0.25) is 5.02 Å². The standard InChI is InChI=1S/C22H21ClN4O4S/c1-12(2)27-21(28)15-7-6-14(23)10-16(15)24-22(27)32-11-19-25-20(26-31-19)13-5-8-17(29-3)18(9-13)30-4/h5-10,12H,11H2,1-4H3. The SMILES string of the molecule is COc1ccc(-c2noc(CSc3nc4cc(Cl)ccc4c(=O)n3C(C)C)n2)cc1OC. The van der Waals surface area contributed by atoms with E-state index >= 15 is 0 Å². The maximum atomic E-state index is 13.0. The van der Waals surface area contributed by atoms with Crippen molar-refractivity contribution in [2.24, 2.45) is 0 Å². The van der Waals surface area contributed by atoms with Gasteiger partial charge in [-0.3, -0.25) is 9.36 Å². The van der Waals surface area contributed by atoms with Crippen molar-refractivity contribution in [3.05, 3.63) is 57.7 Å². The summed E-state index contributed by atoms with van der Waals surface area (Å²) < 4.78 is 17.7. The lowest BCUT2D eigenvalue weighted by molar-refractivity contribution is 0.355. The van der Waals surface area contributed by atoms with Gasteiger partial charge in [0.15, 0.2) is 16.7 Å². The Morgan fingerprint density at radius 2 is 1.88 bits per heavy atom. The first-order valence-corrected chi connectivity index (χ1v) is 11.2. The normalized spacial score (nSPS) is 11.3. The second-order valence-corrected chi connectivity index (χ2v) is 8.57. The van der Waals surface area contributed by atoms with E-state index in [4.69, 9.17) is 25.6 Å². The van der Waals surface area contributed by atoms with Gasteiger partial charge in [-0.25, -0.2) is 4.98 Å². The van der Waals surface area contributed by atoms with Crippen molar-refractivity contribution < 1.29 is 14.0 Å². The molecule has 2 aromatic heterocycles. The molecule has 0 atom stereocenters. The molecule has 0 N–H and O–H groups in total. The number of aromatic nitrogens is 4. The molecule has 0 aliphatic heterocycles. The molecule has 32 heavy (non-hydrogen) atoms. The fraction of sp³-hybridized carbons (Fsp3) is 0.273. The number of ether oxygens (including phenoxy) is 2. The highest BCUT2D eigenvalue weighted by Gasteiger charge is 2.17. The number of hydrogen-bond donors (Lipinski definition) is 0. The lowest BCUT2D eigenvalue weighted by Crippen LogP contribution is -2.25. The van der Waals surface area contributed by atoms with Crippen molar-refractivity contribution in [3.63, 3.8) is 0 Å². The van der Waals surface area contributed by atoms with Crippen LogP contribution in [0.1, 0.15) is 25.8 Å². The number of benzene rings is 2. The van der Waals surface area contributed by atoms with Gasteiger partial charge in [0.1, 0.15) is 0 Å². The first-order valence-electron chi connectivity index (χ1n) is 9.81. The second-order valence-electron chi connectivity index (χ2n) is 7.19. The third-order valence-corrected chi connectivity index (χ3v) is 5.95. The molecule has 0 aliphatic carbocycles. The van der Waals surface area contributed by atoms with Gasteiger partial charge in [0.25, 0.3) is 5.56 Å². The van der Waals surface area contributed by atoms with Gasteiger partial charge in [-0.15, -0.1) is 0 Å². The fourth-order valence-electron chi connectivity index (χ4n) is 3.24. The van der Waals surface area contributed by atoms with E-state index < -0.39 is 0 Å². The Morgan fingerprint density at radius 3 is 2.59 bits per heavy atom. The first kappa shape index (κ1) is 22.2. The van der Waals surface area contributed by atoms with Crippen LogP contribution in [0.15, 0.2) is 50.9 Å². The molecule has 8 nitrogen and oxygen atoms in total. The molecule has 0 saturated carbocycles. The van der Waals surface area contributed by atoms with Gasteiger partial charge in [0.2, 0.25) is 11.7 Å². The predicted octanol–water partition coefficient (Wildman–Crippen LogP) is 4.99. The summed E-state index contributed by atoms with van der Waals surface area (Å²) in [6.07, 6.45) is 0. The van der Waals surface area contributed by atoms with Gasteiger partial charge in [0.05, 0.1) is 30.9 Å². The average Bonchev–Trinajstić information content (AvgIpc) is 3.25. The van der Waals surface area contributed by atoms with Crippen LogP contribution in [0.3, 0.4) is 0 Å². The molecule has 166 valence electrons. The zero-order chi connectivity index (χ0) is 22.8. The van der Waals surface area contributed by atoms with E-state index in [0.29, 0.717) is 50.0 Å². The van der Waals surface area contributed by atoms with Crippen molar-refractivity contribution in [2.45, 2.75) is 30.8 Å². The summed E-state index contributed by atoms with van der Waals surface area (Å²) in [5, 5.41) is 5.68. The van der Waals surface area contributed by atoms with Crippen molar-refractivity contribution in [1.82, 2.24) is 19.7 Å². The van der Waals surface area contributed by atoms with Crippen LogP contribution in [0.25, 0.3) is 22.3 Å². The topological polar surface area (TPSA) is 92.3 Å². The van der Waals surface area contributed by atoms with Crippen LogP contribution in [0.4, 0.5) is 0 Å². The summed E-state index contributed by atoms with van der Waals surface area (Å²) in [5.74, 6) is 2.39. The maximum absolute atomic E-state index is 13.0. The van der Waals surface area contributed by atoms with Crippen molar-refractivity contribution in [2.75, 3.05) is 14.2 Å². The number of fused-ring (bicyclic) bond motifs is 1. The largest absolute Gasteiger partial charge is 0.493 e. The van der Waals surface area contributed by atoms with E-state index in [0.717, 1.165) is 5.56 Å². The number of rotatable bonds is 7. The highest BCUT2D eigenvalue weighted by molar-refractivity contribution is 7.98. The van der Waals surface area contributed by atoms with Gasteiger partial charge in [-0.1, -0.05) is 28.5 Å². The van der Waals surface area contributed by atoms with E-state index in [1.165, 1.54) is 11.8 Å². The minimum absolute atomic E-state index is 0.0670. The zero-order valence-corrected chi connectivity index (χ0v) is 19.5. The van der Waals surface area contributed by atoms with Gasteiger partial charge in [-0.05, 0) is 50.2 Å². The van der Waals surface area contributed by atoms with Crippen LogP contribution in [-0.4, -0.2) is 33.9 Å². The summed E-state index contributed by atoms with van der Waals surface area (Å²) in [4.78, 5) is 22.1. The predicted molar refractivity (Wildman–Crippen MR) is 124 cm³/mol. The zero-order valence-electron chi connectivity index (χ0n) is 18.0. The molecular formula is C22H21ClN4O4S. The first-order chi connectivity index (χ1) is 15.4. The Labute approximate surface area is 193 Å². The molecule has 0 amide bonds. The molecule has 0 fully saturated rings. The summed E-state index contributed by atoms with van der Waals surface area (Å²) in [6.45, 7) is 3.88. The van der Waals surface area contributed by atoms with Gasteiger partial charge >= 0.3 is 0 Å². The molecule has 10 heteroatoms. The fourth-order valence-corrected chi connectivity index (χ4v) is 4.37. The van der Waals surface area contributed by atoms with Crippen molar-refractivity contribution >= 4 is 34.3 Å². The molecule has 4 aromatic rings. The number of nitrogens with zero attached hydrogens (tertiary/aromatic N) is 4. The Kier molecular flexibility index (Phi) is 6.38. The minimum Gasteiger partial charge on any atom is -0.493 e. The monoisotopic (exact) mass is 472 g/mol. The van der Waals surface area contributed by atoms with Gasteiger partial charge < -0.3 is 14.0 Å². The van der Waals surface area contributed by atoms with Gasteiger partial charge in [0, 0.05) is 16.6 Å². The Hall–Kier alpha value is -3.04. The molecule has 4 rings (SSSR count). The molecule has 0 spiro atoms. The molecule has 2 heterocycles. The van der Waals surface area contributed by atoms with Crippen molar-refractivity contribution in [1.29, 1.82) is 0 Å². The third-order valence-electron chi connectivity index (χ3n) is 4.78.